The lowest BCUT2D eigenvalue weighted by Crippen LogP contribution is -2.60. The summed E-state index contributed by atoms with van der Waals surface area (Å²) in [6.07, 6.45) is 12.2. The molecule has 0 spiro atoms. The molecule has 1 aliphatic heterocycles. The third kappa shape index (κ3) is 19.2. The molecule has 0 unspecified atom stereocenters. The van der Waals surface area contributed by atoms with E-state index in [0.29, 0.717) is 19.4 Å². The highest BCUT2D eigenvalue weighted by Gasteiger charge is 2.45. The predicted molar refractivity (Wildman–Crippen MR) is 177 cm³/mol. The standard InChI is InChI=1S/C34H68N2O10/c1-25(35)27(39)19-15-11-10-13-17-21-30(40)44-22-18-14-9-7-5-3-2-4-6-8-12-16-20-28(26(36)23-37)45-34-33(43)32(42)31(41)29(24-38)46-34/h25-29,31-34,37-39,41-43H,2-24,35-36H2,1H3/t25-,26+,27-,28-,29-,31-,32+,33-,34-/m1/s1. The molecule has 0 aromatic rings. The number of carbonyl (C=O) groups excluding carboxylic acids is 1. The molecule has 0 aliphatic carbocycles. The second-order valence-electron chi connectivity index (χ2n) is 13.2. The molecule has 0 radical (unpaired) electrons. The first-order valence-electron chi connectivity index (χ1n) is 18.0. The summed E-state index contributed by atoms with van der Waals surface area (Å²) in [4.78, 5) is 11.9. The first-order chi connectivity index (χ1) is 22.1. The Morgan fingerprint density at radius 1 is 0.717 bits per heavy atom. The van der Waals surface area contributed by atoms with E-state index >= 15 is 0 Å². The summed E-state index contributed by atoms with van der Waals surface area (Å²) in [5.41, 5.74) is 11.7. The van der Waals surface area contributed by atoms with Gasteiger partial charge in [-0.3, -0.25) is 4.79 Å². The van der Waals surface area contributed by atoms with Gasteiger partial charge in [0.2, 0.25) is 0 Å². The third-order valence-electron chi connectivity index (χ3n) is 8.98. The molecule has 274 valence electrons. The molecule has 0 aromatic heterocycles. The average molecular weight is 665 g/mol. The number of rotatable bonds is 29. The van der Waals surface area contributed by atoms with Gasteiger partial charge in [-0.25, -0.2) is 0 Å². The SMILES string of the molecule is C[C@@H](N)[C@H](O)CCCCCCCC(=O)OCCCCCCCCCCCCCC[C@@H](O[C@@H]1O[C@H](CO)[C@@H](O)[C@H](O)[C@H]1O)[C@@H](N)CO. The fourth-order valence-electron chi connectivity index (χ4n) is 5.74. The van der Waals surface area contributed by atoms with E-state index in [1.54, 1.807) is 0 Å². The maximum Gasteiger partial charge on any atom is 0.305 e. The summed E-state index contributed by atoms with van der Waals surface area (Å²) < 4.78 is 16.6. The number of aliphatic hydroxyl groups is 6. The normalized spacial score (nSPS) is 24.4. The van der Waals surface area contributed by atoms with Gasteiger partial charge in [0, 0.05) is 12.5 Å². The van der Waals surface area contributed by atoms with Crippen molar-refractivity contribution in [1.82, 2.24) is 0 Å². The molecule has 0 saturated carbocycles. The van der Waals surface area contributed by atoms with Gasteiger partial charge in [0.05, 0.1) is 38.1 Å². The number of aliphatic hydroxyl groups excluding tert-OH is 6. The smallest absolute Gasteiger partial charge is 0.305 e. The van der Waals surface area contributed by atoms with Crippen molar-refractivity contribution in [2.75, 3.05) is 19.8 Å². The van der Waals surface area contributed by atoms with Crippen molar-refractivity contribution in [3.63, 3.8) is 0 Å². The van der Waals surface area contributed by atoms with E-state index in [2.05, 4.69) is 0 Å². The molecule has 1 fully saturated rings. The lowest BCUT2D eigenvalue weighted by molar-refractivity contribution is -0.313. The van der Waals surface area contributed by atoms with Gasteiger partial charge in [-0.1, -0.05) is 96.3 Å². The highest BCUT2D eigenvalue weighted by Crippen LogP contribution is 2.25. The van der Waals surface area contributed by atoms with Crippen LogP contribution in [0.3, 0.4) is 0 Å². The van der Waals surface area contributed by atoms with Crippen molar-refractivity contribution < 1.29 is 49.6 Å². The number of unbranched alkanes of at least 4 members (excludes halogenated alkanes) is 15. The largest absolute Gasteiger partial charge is 0.466 e. The fourth-order valence-corrected chi connectivity index (χ4v) is 5.74. The van der Waals surface area contributed by atoms with Gasteiger partial charge in [0.1, 0.15) is 24.4 Å². The second kappa shape index (κ2) is 27.0. The van der Waals surface area contributed by atoms with Gasteiger partial charge in [0.25, 0.3) is 0 Å². The molecule has 12 heteroatoms. The lowest BCUT2D eigenvalue weighted by atomic mass is 9.98. The summed E-state index contributed by atoms with van der Waals surface area (Å²) in [6, 6.07) is -0.865. The zero-order valence-electron chi connectivity index (χ0n) is 28.4. The number of hydrogen-bond acceptors (Lipinski definition) is 12. The van der Waals surface area contributed by atoms with Crippen LogP contribution in [0.5, 0.6) is 0 Å². The van der Waals surface area contributed by atoms with Crippen molar-refractivity contribution in [2.45, 2.75) is 190 Å². The van der Waals surface area contributed by atoms with Gasteiger partial charge in [-0.15, -0.1) is 0 Å². The minimum Gasteiger partial charge on any atom is -0.466 e. The van der Waals surface area contributed by atoms with Crippen LogP contribution >= 0.6 is 0 Å². The Morgan fingerprint density at radius 3 is 1.74 bits per heavy atom. The number of hydrogen-bond donors (Lipinski definition) is 8. The molecule has 1 heterocycles. The van der Waals surface area contributed by atoms with Crippen LogP contribution in [0.4, 0.5) is 0 Å². The Balaban J connectivity index is 1.96. The Hall–Kier alpha value is -0.930. The van der Waals surface area contributed by atoms with E-state index in [4.69, 9.17) is 25.7 Å². The van der Waals surface area contributed by atoms with Crippen molar-refractivity contribution in [2.24, 2.45) is 11.5 Å². The van der Waals surface area contributed by atoms with E-state index in [0.717, 1.165) is 83.5 Å². The molecule has 1 aliphatic rings. The maximum absolute atomic E-state index is 11.9. The van der Waals surface area contributed by atoms with Crippen LogP contribution in [-0.4, -0.2) is 111 Å². The summed E-state index contributed by atoms with van der Waals surface area (Å²) in [6.45, 7) is 1.50. The second-order valence-corrected chi connectivity index (χ2v) is 13.2. The quantitative estimate of drug-likeness (QED) is 0.0427. The zero-order valence-corrected chi connectivity index (χ0v) is 28.4. The molecule has 0 amide bonds. The molecule has 46 heavy (non-hydrogen) atoms. The Morgan fingerprint density at radius 2 is 1.22 bits per heavy atom. The Labute approximate surface area is 277 Å². The Bertz CT molecular complexity index is 732. The Kier molecular flexibility index (Phi) is 25.3. The minimum absolute atomic E-state index is 0.0951. The van der Waals surface area contributed by atoms with E-state index in [9.17, 15) is 35.4 Å². The van der Waals surface area contributed by atoms with Crippen LogP contribution < -0.4 is 11.5 Å². The average Bonchev–Trinajstić information content (AvgIpc) is 3.04. The lowest BCUT2D eigenvalue weighted by Gasteiger charge is -2.41. The van der Waals surface area contributed by atoms with E-state index in [1.165, 1.54) is 32.1 Å². The molecule has 0 aromatic carbocycles. The van der Waals surface area contributed by atoms with Crippen LogP contribution in [0.15, 0.2) is 0 Å². The zero-order chi connectivity index (χ0) is 34.2. The van der Waals surface area contributed by atoms with Crippen LogP contribution in [0.2, 0.25) is 0 Å². The molecule has 10 N–H and O–H groups in total. The van der Waals surface area contributed by atoms with Gasteiger partial charge < -0.3 is 56.3 Å². The van der Waals surface area contributed by atoms with E-state index in [1.807, 2.05) is 6.92 Å². The molecular formula is C34H68N2O10. The summed E-state index contributed by atoms with van der Waals surface area (Å²) in [5, 5.41) is 58.8. The van der Waals surface area contributed by atoms with Crippen LogP contribution in [0.25, 0.3) is 0 Å². The summed E-state index contributed by atoms with van der Waals surface area (Å²) in [7, 11) is 0. The van der Waals surface area contributed by atoms with Crippen molar-refractivity contribution in [3.8, 4) is 0 Å². The predicted octanol–water partition coefficient (Wildman–Crippen LogP) is 2.54. The number of ether oxygens (including phenoxy) is 3. The molecule has 1 saturated heterocycles. The van der Waals surface area contributed by atoms with E-state index < -0.39 is 55.6 Å². The van der Waals surface area contributed by atoms with Gasteiger partial charge in [-0.2, -0.15) is 0 Å². The van der Waals surface area contributed by atoms with E-state index in [-0.39, 0.29) is 18.6 Å². The number of carbonyl (C=O) groups is 1. The third-order valence-corrected chi connectivity index (χ3v) is 8.98. The number of nitrogens with two attached hydrogens (primary N) is 2. The fraction of sp³-hybridized carbons (Fsp3) is 0.971. The first-order valence-corrected chi connectivity index (χ1v) is 18.0. The minimum atomic E-state index is -1.52. The highest BCUT2D eigenvalue weighted by molar-refractivity contribution is 5.69. The first kappa shape index (κ1) is 43.1. The monoisotopic (exact) mass is 664 g/mol. The van der Waals surface area contributed by atoms with Crippen molar-refractivity contribution >= 4 is 5.97 Å². The number of esters is 1. The van der Waals surface area contributed by atoms with Crippen LogP contribution in [0.1, 0.15) is 135 Å². The molecule has 0 bridgehead atoms. The van der Waals surface area contributed by atoms with Gasteiger partial charge in [0.15, 0.2) is 6.29 Å². The molecular weight excluding hydrogens is 596 g/mol. The maximum atomic E-state index is 11.9. The van der Waals surface area contributed by atoms with Crippen LogP contribution in [0, 0.1) is 0 Å². The summed E-state index contributed by atoms with van der Waals surface area (Å²) >= 11 is 0. The summed E-state index contributed by atoms with van der Waals surface area (Å²) in [5.74, 6) is -0.0951. The van der Waals surface area contributed by atoms with Crippen molar-refractivity contribution in [3.05, 3.63) is 0 Å². The van der Waals surface area contributed by atoms with Gasteiger partial charge in [-0.05, 0) is 32.6 Å². The van der Waals surface area contributed by atoms with Gasteiger partial charge >= 0.3 is 5.97 Å². The molecule has 12 nitrogen and oxygen atoms in total. The topological polar surface area (TPSA) is 218 Å². The van der Waals surface area contributed by atoms with Crippen LogP contribution in [-0.2, 0) is 19.0 Å². The highest BCUT2D eigenvalue weighted by atomic mass is 16.7. The molecule has 1 rings (SSSR count). The molecule has 9 atom stereocenters. The van der Waals surface area contributed by atoms with Crippen molar-refractivity contribution in [1.29, 1.82) is 0 Å².